The standard InChI is InChI=1S/C20H19F3N2O3/c1-3-18(26)25-16-11-14(10-15(12-16)20(21,22)23)19(27)24-8-7-13-5-4-6-17(9-13)28-2/h3-6,9-12H,1,7-8H2,2H3,(H,24,27)(H,25,26). The number of rotatable bonds is 7. The van der Waals surface area contributed by atoms with Gasteiger partial charge in [-0.3, -0.25) is 9.59 Å². The molecule has 2 rings (SSSR count). The van der Waals surface area contributed by atoms with Gasteiger partial charge in [0.05, 0.1) is 12.7 Å². The fourth-order valence-electron chi connectivity index (χ4n) is 2.44. The van der Waals surface area contributed by atoms with E-state index in [1.165, 1.54) is 13.2 Å². The topological polar surface area (TPSA) is 67.4 Å². The zero-order valence-electron chi connectivity index (χ0n) is 15.1. The van der Waals surface area contributed by atoms with Crippen LogP contribution in [0, 0.1) is 0 Å². The van der Waals surface area contributed by atoms with Crippen LogP contribution in [0.3, 0.4) is 0 Å². The van der Waals surface area contributed by atoms with Crippen molar-refractivity contribution in [3.63, 3.8) is 0 Å². The molecule has 0 aliphatic heterocycles. The molecule has 0 radical (unpaired) electrons. The van der Waals surface area contributed by atoms with Crippen molar-refractivity contribution in [1.82, 2.24) is 5.32 Å². The first-order valence-corrected chi connectivity index (χ1v) is 8.30. The highest BCUT2D eigenvalue weighted by Gasteiger charge is 2.32. The molecule has 5 nitrogen and oxygen atoms in total. The third kappa shape index (κ3) is 5.87. The fourth-order valence-corrected chi connectivity index (χ4v) is 2.44. The van der Waals surface area contributed by atoms with Gasteiger partial charge in [-0.05, 0) is 48.4 Å². The maximum absolute atomic E-state index is 13.1. The average Bonchev–Trinajstić information content (AvgIpc) is 2.67. The second kappa shape index (κ2) is 9.07. The van der Waals surface area contributed by atoms with E-state index in [0.717, 1.165) is 23.8 Å². The monoisotopic (exact) mass is 392 g/mol. The molecule has 8 heteroatoms. The van der Waals surface area contributed by atoms with Crippen molar-refractivity contribution < 1.29 is 27.5 Å². The van der Waals surface area contributed by atoms with Crippen LogP contribution >= 0.6 is 0 Å². The highest BCUT2D eigenvalue weighted by Crippen LogP contribution is 2.32. The SMILES string of the molecule is C=CC(=O)Nc1cc(C(=O)NCCc2cccc(OC)c2)cc(C(F)(F)F)c1. The molecule has 0 unspecified atom stereocenters. The minimum atomic E-state index is -4.66. The van der Waals surface area contributed by atoms with Gasteiger partial charge in [-0.15, -0.1) is 0 Å². The minimum absolute atomic E-state index is 0.141. The summed E-state index contributed by atoms with van der Waals surface area (Å²) in [6.45, 7) is 3.46. The predicted octanol–water partition coefficient (Wildman–Crippen LogP) is 3.81. The number of amides is 2. The van der Waals surface area contributed by atoms with E-state index in [4.69, 9.17) is 4.74 Å². The Kier molecular flexibility index (Phi) is 6.81. The lowest BCUT2D eigenvalue weighted by molar-refractivity contribution is -0.137. The van der Waals surface area contributed by atoms with E-state index in [0.29, 0.717) is 12.2 Å². The molecule has 0 bridgehead atoms. The molecule has 2 aromatic rings. The molecule has 2 amide bonds. The molecule has 0 heterocycles. The third-order valence-corrected chi connectivity index (χ3v) is 3.81. The Balaban J connectivity index is 2.13. The maximum Gasteiger partial charge on any atom is 0.416 e. The number of hydrogen-bond acceptors (Lipinski definition) is 3. The predicted molar refractivity (Wildman–Crippen MR) is 99.3 cm³/mol. The van der Waals surface area contributed by atoms with Crippen molar-refractivity contribution in [1.29, 1.82) is 0 Å². The Morgan fingerprint density at radius 1 is 1.18 bits per heavy atom. The van der Waals surface area contributed by atoms with E-state index in [9.17, 15) is 22.8 Å². The zero-order valence-corrected chi connectivity index (χ0v) is 15.1. The summed E-state index contributed by atoms with van der Waals surface area (Å²) in [6, 6.07) is 9.92. The number of carbonyl (C=O) groups excluding carboxylic acids is 2. The van der Waals surface area contributed by atoms with Crippen LogP contribution in [0.2, 0.25) is 0 Å². The first kappa shape index (κ1) is 21.0. The zero-order chi connectivity index (χ0) is 20.7. The quantitative estimate of drug-likeness (QED) is 0.704. The summed E-state index contributed by atoms with van der Waals surface area (Å²) in [6.07, 6.45) is -3.26. The van der Waals surface area contributed by atoms with Gasteiger partial charge in [-0.1, -0.05) is 18.7 Å². The molecule has 0 atom stereocenters. The van der Waals surface area contributed by atoms with Crippen molar-refractivity contribution in [3.8, 4) is 5.75 Å². The molecule has 0 fully saturated rings. The second-order valence-electron chi connectivity index (χ2n) is 5.85. The van der Waals surface area contributed by atoms with Crippen LogP contribution in [0.5, 0.6) is 5.75 Å². The average molecular weight is 392 g/mol. The summed E-state index contributed by atoms with van der Waals surface area (Å²) < 4.78 is 44.4. The molecule has 2 N–H and O–H groups in total. The van der Waals surface area contributed by atoms with E-state index in [1.54, 1.807) is 18.2 Å². The summed E-state index contributed by atoms with van der Waals surface area (Å²) >= 11 is 0. The van der Waals surface area contributed by atoms with E-state index >= 15 is 0 Å². The summed E-state index contributed by atoms with van der Waals surface area (Å²) in [7, 11) is 1.54. The molecule has 0 saturated carbocycles. The van der Waals surface area contributed by atoms with Gasteiger partial charge < -0.3 is 15.4 Å². The number of carbonyl (C=O) groups is 2. The highest BCUT2D eigenvalue weighted by atomic mass is 19.4. The molecule has 0 aliphatic carbocycles. The van der Waals surface area contributed by atoms with Gasteiger partial charge in [0, 0.05) is 17.8 Å². The lowest BCUT2D eigenvalue weighted by Crippen LogP contribution is -2.26. The molecule has 0 aliphatic rings. The van der Waals surface area contributed by atoms with Crippen LogP contribution in [0.1, 0.15) is 21.5 Å². The van der Waals surface area contributed by atoms with Gasteiger partial charge in [-0.2, -0.15) is 13.2 Å². The lowest BCUT2D eigenvalue weighted by atomic mass is 10.1. The summed E-state index contributed by atoms with van der Waals surface area (Å²) in [5.74, 6) is -0.684. The first-order chi connectivity index (χ1) is 13.2. The van der Waals surface area contributed by atoms with Gasteiger partial charge in [0.2, 0.25) is 5.91 Å². The van der Waals surface area contributed by atoms with E-state index in [-0.39, 0.29) is 17.8 Å². The number of benzene rings is 2. The number of ether oxygens (including phenoxy) is 1. The number of hydrogen-bond donors (Lipinski definition) is 2. The molecule has 2 aromatic carbocycles. The Bertz CT molecular complexity index is 879. The first-order valence-electron chi connectivity index (χ1n) is 8.30. The molecule has 28 heavy (non-hydrogen) atoms. The van der Waals surface area contributed by atoms with Crippen molar-refractivity contribution in [2.75, 3.05) is 19.0 Å². The van der Waals surface area contributed by atoms with Crippen LogP contribution in [0.4, 0.5) is 18.9 Å². The Hall–Kier alpha value is -3.29. The summed E-state index contributed by atoms with van der Waals surface area (Å²) in [5, 5.41) is 4.82. The van der Waals surface area contributed by atoms with Gasteiger partial charge >= 0.3 is 6.18 Å². The van der Waals surface area contributed by atoms with Crippen LogP contribution in [0.25, 0.3) is 0 Å². The molecular weight excluding hydrogens is 373 g/mol. The van der Waals surface area contributed by atoms with Crippen LogP contribution in [0.15, 0.2) is 55.1 Å². The number of anilines is 1. The van der Waals surface area contributed by atoms with Crippen molar-refractivity contribution in [2.45, 2.75) is 12.6 Å². The number of methoxy groups -OCH3 is 1. The lowest BCUT2D eigenvalue weighted by Gasteiger charge is -2.13. The minimum Gasteiger partial charge on any atom is -0.497 e. The van der Waals surface area contributed by atoms with Crippen LogP contribution in [-0.2, 0) is 17.4 Å². The number of alkyl halides is 3. The fraction of sp³-hybridized carbons (Fsp3) is 0.200. The van der Waals surface area contributed by atoms with E-state index in [2.05, 4.69) is 17.2 Å². The third-order valence-electron chi connectivity index (χ3n) is 3.81. The molecular formula is C20H19F3N2O3. The van der Waals surface area contributed by atoms with E-state index in [1.807, 2.05) is 6.07 Å². The smallest absolute Gasteiger partial charge is 0.416 e. The molecule has 0 saturated heterocycles. The van der Waals surface area contributed by atoms with Crippen LogP contribution in [-0.4, -0.2) is 25.5 Å². The van der Waals surface area contributed by atoms with Gasteiger partial charge in [-0.25, -0.2) is 0 Å². The number of halogens is 3. The Labute approximate surface area is 160 Å². The summed E-state index contributed by atoms with van der Waals surface area (Å²) in [5.41, 5.74) is -0.479. The second-order valence-corrected chi connectivity index (χ2v) is 5.85. The van der Waals surface area contributed by atoms with E-state index < -0.39 is 23.6 Å². The van der Waals surface area contributed by atoms with Crippen molar-refractivity contribution in [2.24, 2.45) is 0 Å². The molecule has 0 spiro atoms. The largest absolute Gasteiger partial charge is 0.497 e. The molecule has 0 aromatic heterocycles. The molecule has 148 valence electrons. The Morgan fingerprint density at radius 3 is 2.57 bits per heavy atom. The van der Waals surface area contributed by atoms with Gasteiger partial charge in [0.1, 0.15) is 5.75 Å². The van der Waals surface area contributed by atoms with Crippen molar-refractivity contribution >= 4 is 17.5 Å². The van der Waals surface area contributed by atoms with Gasteiger partial charge in [0.25, 0.3) is 5.91 Å². The Morgan fingerprint density at radius 2 is 1.93 bits per heavy atom. The summed E-state index contributed by atoms with van der Waals surface area (Å²) in [4.78, 5) is 23.7. The van der Waals surface area contributed by atoms with Crippen molar-refractivity contribution in [3.05, 3.63) is 71.8 Å². The van der Waals surface area contributed by atoms with Gasteiger partial charge in [0.15, 0.2) is 0 Å². The highest BCUT2D eigenvalue weighted by molar-refractivity contribution is 6.01. The number of nitrogens with one attached hydrogen (secondary N) is 2. The normalized spacial score (nSPS) is 10.9. The van der Waals surface area contributed by atoms with Crippen LogP contribution < -0.4 is 15.4 Å². The maximum atomic E-state index is 13.1.